The monoisotopic (exact) mass is 246 g/mol. The van der Waals surface area contributed by atoms with Crippen molar-refractivity contribution in [2.75, 3.05) is 25.0 Å². The van der Waals surface area contributed by atoms with Gasteiger partial charge in [-0.05, 0) is 37.1 Å². The minimum Gasteiger partial charge on any atom is -0.374 e. The quantitative estimate of drug-likeness (QED) is 0.870. The molecule has 1 heterocycles. The van der Waals surface area contributed by atoms with Crippen molar-refractivity contribution in [1.29, 1.82) is 0 Å². The lowest BCUT2D eigenvalue weighted by molar-refractivity contribution is 0.385. The van der Waals surface area contributed by atoms with Gasteiger partial charge in [0.05, 0.1) is 11.0 Å². The van der Waals surface area contributed by atoms with Crippen LogP contribution in [0.3, 0.4) is 0 Å². The number of aromatic nitrogens is 2. The number of H-pyrrole nitrogens is 1. The number of benzene rings is 1. The highest BCUT2D eigenvalue weighted by Crippen LogP contribution is 2.23. The zero-order valence-electron chi connectivity index (χ0n) is 11.6. The van der Waals surface area contributed by atoms with E-state index in [-0.39, 0.29) is 5.41 Å². The number of hydrogen-bond donors (Lipinski definition) is 2. The number of hydrogen-bond acceptors (Lipinski definition) is 3. The first-order valence-corrected chi connectivity index (χ1v) is 6.29. The molecule has 0 aliphatic carbocycles. The minimum atomic E-state index is 0.119. The third kappa shape index (κ3) is 2.64. The van der Waals surface area contributed by atoms with E-state index in [1.165, 1.54) is 5.69 Å². The summed E-state index contributed by atoms with van der Waals surface area (Å²) < 4.78 is 0. The van der Waals surface area contributed by atoms with Crippen LogP contribution in [-0.2, 0) is 0 Å². The Hall–Kier alpha value is -1.55. The van der Waals surface area contributed by atoms with Gasteiger partial charge in [0.2, 0.25) is 0 Å². The molecule has 0 bridgehead atoms. The summed E-state index contributed by atoms with van der Waals surface area (Å²) in [5, 5.41) is 0. The fourth-order valence-electron chi connectivity index (χ4n) is 2.16. The lowest BCUT2D eigenvalue weighted by Gasteiger charge is -2.30. The number of imidazole rings is 1. The molecule has 0 amide bonds. The van der Waals surface area contributed by atoms with Gasteiger partial charge in [0.1, 0.15) is 5.82 Å². The van der Waals surface area contributed by atoms with E-state index in [0.29, 0.717) is 6.54 Å². The average molecular weight is 246 g/mol. The van der Waals surface area contributed by atoms with Gasteiger partial charge in [-0.2, -0.15) is 0 Å². The number of rotatable bonds is 4. The van der Waals surface area contributed by atoms with Crippen LogP contribution >= 0.6 is 0 Å². The number of nitrogens with two attached hydrogens (primary N) is 1. The van der Waals surface area contributed by atoms with Crippen LogP contribution in [-0.4, -0.2) is 30.1 Å². The summed E-state index contributed by atoms with van der Waals surface area (Å²) in [6.45, 7) is 7.95. The second-order valence-electron chi connectivity index (χ2n) is 5.75. The number of fused-ring (bicyclic) bond motifs is 1. The molecule has 0 atom stereocenters. The van der Waals surface area contributed by atoms with E-state index >= 15 is 0 Å². The largest absolute Gasteiger partial charge is 0.374 e. The van der Waals surface area contributed by atoms with Crippen molar-refractivity contribution >= 4 is 16.7 Å². The van der Waals surface area contributed by atoms with E-state index in [2.05, 4.69) is 54.0 Å². The fraction of sp³-hybridized carbons (Fsp3) is 0.500. The maximum atomic E-state index is 5.78. The van der Waals surface area contributed by atoms with Crippen molar-refractivity contribution in [3.8, 4) is 0 Å². The molecule has 18 heavy (non-hydrogen) atoms. The van der Waals surface area contributed by atoms with Crippen LogP contribution < -0.4 is 10.6 Å². The molecule has 2 rings (SSSR count). The Morgan fingerprint density at radius 1 is 1.39 bits per heavy atom. The fourth-order valence-corrected chi connectivity index (χ4v) is 2.16. The summed E-state index contributed by atoms with van der Waals surface area (Å²) in [5.41, 5.74) is 9.19. The molecule has 4 nitrogen and oxygen atoms in total. The summed E-state index contributed by atoms with van der Waals surface area (Å²) in [6.07, 6.45) is 0. The van der Waals surface area contributed by atoms with Crippen molar-refractivity contribution in [2.45, 2.75) is 20.8 Å². The first-order valence-electron chi connectivity index (χ1n) is 6.29. The maximum absolute atomic E-state index is 5.78. The molecule has 0 fully saturated rings. The van der Waals surface area contributed by atoms with Crippen LogP contribution in [0, 0.1) is 12.3 Å². The molecular formula is C14H22N4. The highest BCUT2D eigenvalue weighted by atomic mass is 15.1. The van der Waals surface area contributed by atoms with Crippen LogP contribution in [0.15, 0.2) is 18.2 Å². The normalized spacial score (nSPS) is 12.1. The van der Waals surface area contributed by atoms with Gasteiger partial charge in [0.15, 0.2) is 0 Å². The molecule has 1 aromatic carbocycles. The smallest absolute Gasteiger partial charge is 0.104 e. The molecule has 0 radical (unpaired) electrons. The molecule has 0 unspecified atom stereocenters. The predicted octanol–water partition coefficient (Wildman–Crippen LogP) is 2.29. The molecule has 0 spiro atoms. The van der Waals surface area contributed by atoms with E-state index in [4.69, 9.17) is 5.73 Å². The lowest BCUT2D eigenvalue weighted by Crippen LogP contribution is -2.36. The Kier molecular flexibility index (Phi) is 3.30. The van der Waals surface area contributed by atoms with Crippen LogP contribution in [0.1, 0.15) is 19.7 Å². The standard InChI is InChI=1S/C14H22N4/c1-10-16-12-6-5-11(7-13(12)17-10)18(4)9-14(2,3)8-15/h5-7H,8-9,15H2,1-4H3,(H,16,17). The van der Waals surface area contributed by atoms with Gasteiger partial charge in [-0.3, -0.25) is 0 Å². The number of aryl methyl sites for hydroxylation is 1. The topological polar surface area (TPSA) is 57.9 Å². The second-order valence-corrected chi connectivity index (χ2v) is 5.75. The van der Waals surface area contributed by atoms with Gasteiger partial charge in [-0.25, -0.2) is 4.98 Å². The highest BCUT2D eigenvalue weighted by molar-refractivity contribution is 5.79. The van der Waals surface area contributed by atoms with Gasteiger partial charge in [0, 0.05) is 19.3 Å². The highest BCUT2D eigenvalue weighted by Gasteiger charge is 2.18. The van der Waals surface area contributed by atoms with Crippen molar-refractivity contribution in [3.05, 3.63) is 24.0 Å². The molecule has 3 N–H and O–H groups in total. The molecule has 2 aromatic rings. The zero-order chi connectivity index (χ0) is 13.3. The number of aromatic amines is 1. The minimum absolute atomic E-state index is 0.119. The summed E-state index contributed by atoms with van der Waals surface area (Å²) in [6, 6.07) is 6.30. The molecule has 4 heteroatoms. The number of nitrogens with zero attached hydrogens (tertiary/aromatic N) is 2. The second kappa shape index (κ2) is 4.61. The Morgan fingerprint density at radius 2 is 2.11 bits per heavy atom. The van der Waals surface area contributed by atoms with E-state index in [9.17, 15) is 0 Å². The van der Waals surface area contributed by atoms with E-state index < -0.39 is 0 Å². The molecule has 0 aliphatic heterocycles. The van der Waals surface area contributed by atoms with Gasteiger partial charge in [0.25, 0.3) is 0 Å². The van der Waals surface area contributed by atoms with Gasteiger partial charge in [-0.1, -0.05) is 13.8 Å². The summed E-state index contributed by atoms with van der Waals surface area (Å²) in [5.74, 6) is 0.951. The van der Waals surface area contributed by atoms with E-state index in [0.717, 1.165) is 23.4 Å². The Morgan fingerprint density at radius 3 is 2.78 bits per heavy atom. The molecule has 0 aliphatic rings. The first-order chi connectivity index (χ1) is 8.41. The lowest BCUT2D eigenvalue weighted by atomic mass is 9.93. The molecular weight excluding hydrogens is 224 g/mol. The van der Waals surface area contributed by atoms with Gasteiger partial charge >= 0.3 is 0 Å². The Balaban J connectivity index is 2.25. The summed E-state index contributed by atoms with van der Waals surface area (Å²) >= 11 is 0. The van der Waals surface area contributed by atoms with Crippen molar-refractivity contribution in [2.24, 2.45) is 11.1 Å². The predicted molar refractivity (Wildman–Crippen MR) is 76.9 cm³/mol. The van der Waals surface area contributed by atoms with Crippen molar-refractivity contribution in [3.63, 3.8) is 0 Å². The molecule has 98 valence electrons. The SMILES string of the molecule is Cc1nc2ccc(N(C)CC(C)(C)CN)cc2[nH]1. The van der Waals surface area contributed by atoms with E-state index in [1.54, 1.807) is 0 Å². The zero-order valence-corrected chi connectivity index (χ0v) is 11.6. The summed E-state index contributed by atoms with van der Waals surface area (Å²) in [4.78, 5) is 9.92. The van der Waals surface area contributed by atoms with Crippen LogP contribution in [0.2, 0.25) is 0 Å². The molecule has 1 aromatic heterocycles. The summed E-state index contributed by atoms with van der Waals surface area (Å²) in [7, 11) is 2.10. The van der Waals surface area contributed by atoms with Gasteiger partial charge < -0.3 is 15.6 Å². The van der Waals surface area contributed by atoms with Crippen LogP contribution in [0.25, 0.3) is 11.0 Å². The Bertz CT molecular complexity index is 542. The van der Waals surface area contributed by atoms with Crippen LogP contribution in [0.5, 0.6) is 0 Å². The maximum Gasteiger partial charge on any atom is 0.104 e. The first kappa shape index (κ1) is 12.9. The van der Waals surface area contributed by atoms with Gasteiger partial charge in [-0.15, -0.1) is 0 Å². The third-order valence-electron chi connectivity index (χ3n) is 3.24. The Labute approximate surface area is 108 Å². The number of anilines is 1. The van der Waals surface area contributed by atoms with Crippen molar-refractivity contribution < 1.29 is 0 Å². The van der Waals surface area contributed by atoms with E-state index in [1.807, 2.05) is 6.92 Å². The molecule has 0 saturated carbocycles. The van der Waals surface area contributed by atoms with Crippen molar-refractivity contribution in [1.82, 2.24) is 9.97 Å². The molecule has 0 saturated heterocycles. The third-order valence-corrected chi connectivity index (χ3v) is 3.24. The van der Waals surface area contributed by atoms with Crippen LogP contribution in [0.4, 0.5) is 5.69 Å². The number of nitrogens with one attached hydrogen (secondary N) is 1. The average Bonchev–Trinajstić information content (AvgIpc) is 2.67.